The van der Waals surface area contributed by atoms with Crippen LogP contribution in [0.2, 0.25) is 0 Å². The Kier molecular flexibility index (Phi) is 5.70. The molecule has 26 heavy (non-hydrogen) atoms. The highest BCUT2D eigenvalue weighted by Gasteiger charge is 2.40. The zero-order valence-electron chi connectivity index (χ0n) is 14.3. The van der Waals surface area contributed by atoms with Crippen LogP contribution in [-0.4, -0.2) is 54.5 Å². The number of amides is 1. The number of carbonyl (C=O) groups excluding carboxylic acids is 1. The van der Waals surface area contributed by atoms with Gasteiger partial charge in [-0.2, -0.15) is 0 Å². The second-order valence-corrected chi connectivity index (χ2v) is 8.67. The molecule has 2 unspecified atom stereocenters. The lowest BCUT2D eigenvalue weighted by molar-refractivity contribution is -0.118. The Hall–Kier alpha value is -2.22. The lowest BCUT2D eigenvalue weighted by Gasteiger charge is -2.29. The summed E-state index contributed by atoms with van der Waals surface area (Å²) in [5.74, 6) is -0.647. The molecule has 2 aromatic rings. The fourth-order valence-corrected chi connectivity index (χ4v) is 5.01. The standard InChI is InChI=1S/C19H22N2O4S/c22-18-14-26(24,25)13-17(18)21(11-15-7-3-1-4-8-15)12-19(23)20-16-9-5-2-6-10-16/h1-10,17-18,22H,11-14H2,(H,20,23). The molecule has 2 aromatic carbocycles. The van der Waals surface area contributed by atoms with E-state index in [0.29, 0.717) is 12.2 Å². The number of para-hydroxylation sites is 1. The van der Waals surface area contributed by atoms with Gasteiger partial charge in [0.1, 0.15) is 0 Å². The van der Waals surface area contributed by atoms with E-state index in [0.717, 1.165) is 5.56 Å². The monoisotopic (exact) mass is 374 g/mol. The Balaban J connectivity index is 1.75. The van der Waals surface area contributed by atoms with Gasteiger partial charge in [0.05, 0.1) is 30.2 Å². The minimum absolute atomic E-state index is 0.00103. The van der Waals surface area contributed by atoms with Crippen molar-refractivity contribution >= 4 is 21.4 Å². The van der Waals surface area contributed by atoms with E-state index in [1.54, 1.807) is 17.0 Å². The van der Waals surface area contributed by atoms with Gasteiger partial charge in [-0.3, -0.25) is 9.69 Å². The number of carbonyl (C=O) groups is 1. The van der Waals surface area contributed by atoms with Gasteiger partial charge in [0.15, 0.2) is 9.84 Å². The molecular formula is C19H22N2O4S. The molecule has 1 saturated heterocycles. The molecule has 138 valence electrons. The molecule has 0 radical (unpaired) electrons. The molecule has 1 aliphatic heterocycles. The molecule has 2 N–H and O–H groups in total. The van der Waals surface area contributed by atoms with E-state index >= 15 is 0 Å². The molecule has 7 heteroatoms. The average Bonchev–Trinajstić information content (AvgIpc) is 2.88. The van der Waals surface area contributed by atoms with Crippen LogP contribution in [0.25, 0.3) is 0 Å². The fraction of sp³-hybridized carbons (Fsp3) is 0.316. The van der Waals surface area contributed by atoms with E-state index in [2.05, 4.69) is 5.32 Å². The lowest BCUT2D eigenvalue weighted by atomic mass is 10.1. The van der Waals surface area contributed by atoms with Crippen molar-refractivity contribution in [3.05, 3.63) is 66.2 Å². The Bertz CT molecular complexity index is 840. The number of aliphatic hydroxyl groups is 1. The van der Waals surface area contributed by atoms with Crippen LogP contribution in [0.4, 0.5) is 5.69 Å². The Labute approximate surface area is 153 Å². The van der Waals surface area contributed by atoms with Crippen LogP contribution in [0.15, 0.2) is 60.7 Å². The molecular weight excluding hydrogens is 352 g/mol. The van der Waals surface area contributed by atoms with E-state index in [1.165, 1.54) is 0 Å². The number of sulfone groups is 1. The minimum Gasteiger partial charge on any atom is -0.390 e. The maximum Gasteiger partial charge on any atom is 0.238 e. The molecule has 0 saturated carbocycles. The van der Waals surface area contributed by atoms with Crippen molar-refractivity contribution in [1.29, 1.82) is 0 Å². The van der Waals surface area contributed by atoms with E-state index in [4.69, 9.17) is 0 Å². The summed E-state index contributed by atoms with van der Waals surface area (Å²) in [4.78, 5) is 14.2. The summed E-state index contributed by atoms with van der Waals surface area (Å²) >= 11 is 0. The normalized spacial score (nSPS) is 21.6. The molecule has 0 bridgehead atoms. The first kappa shape index (κ1) is 18.6. The van der Waals surface area contributed by atoms with E-state index in [1.807, 2.05) is 48.5 Å². The molecule has 6 nitrogen and oxygen atoms in total. The van der Waals surface area contributed by atoms with Crippen molar-refractivity contribution in [3.63, 3.8) is 0 Å². The van der Waals surface area contributed by atoms with Crippen LogP contribution in [0.1, 0.15) is 5.56 Å². The van der Waals surface area contributed by atoms with Gasteiger partial charge in [0.25, 0.3) is 0 Å². The summed E-state index contributed by atoms with van der Waals surface area (Å²) in [6, 6.07) is 18.0. The van der Waals surface area contributed by atoms with Crippen LogP contribution in [0.5, 0.6) is 0 Å². The van der Waals surface area contributed by atoms with Crippen molar-refractivity contribution in [2.45, 2.75) is 18.7 Å². The first-order chi connectivity index (χ1) is 12.4. The highest BCUT2D eigenvalue weighted by molar-refractivity contribution is 7.91. The Morgan fingerprint density at radius 1 is 1.04 bits per heavy atom. The van der Waals surface area contributed by atoms with Crippen molar-refractivity contribution in [2.75, 3.05) is 23.4 Å². The SMILES string of the molecule is O=C(CN(Cc1ccccc1)C1CS(=O)(=O)CC1O)Nc1ccccc1. The number of anilines is 1. The molecule has 1 amide bonds. The summed E-state index contributed by atoms with van der Waals surface area (Å²) < 4.78 is 23.8. The third-order valence-electron chi connectivity index (χ3n) is 4.40. The topological polar surface area (TPSA) is 86.7 Å². The third kappa shape index (κ3) is 4.91. The predicted octanol–water partition coefficient (Wildman–Crippen LogP) is 1.29. The van der Waals surface area contributed by atoms with Gasteiger partial charge in [0, 0.05) is 12.2 Å². The summed E-state index contributed by atoms with van der Waals surface area (Å²) in [6.07, 6.45) is -0.992. The zero-order chi connectivity index (χ0) is 18.6. The summed E-state index contributed by atoms with van der Waals surface area (Å²) in [5.41, 5.74) is 1.63. The molecule has 2 atom stereocenters. The van der Waals surface area contributed by atoms with Crippen molar-refractivity contribution in [1.82, 2.24) is 4.90 Å². The smallest absolute Gasteiger partial charge is 0.238 e. The number of nitrogens with zero attached hydrogens (tertiary/aromatic N) is 1. The van der Waals surface area contributed by atoms with Crippen LogP contribution in [-0.2, 0) is 21.2 Å². The van der Waals surface area contributed by atoms with Gasteiger partial charge in [0.2, 0.25) is 5.91 Å². The zero-order valence-corrected chi connectivity index (χ0v) is 15.1. The second-order valence-electron chi connectivity index (χ2n) is 6.52. The van der Waals surface area contributed by atoms with E-state index in [9.17, 15) is 18.3 Å². The summed E-state index contributed by atoms with van der Waals surface area (Å²) in [5, 5.41) is 13.0. The number of aliphatic hydroxyl groups excluding tert-OH is 1. The van der Waals surface area contributed by atoms with E-state index < -0.39 is 22.0 Å². The molecule has 1 heterocycles. The predicted molar refractivity (Wildman–Crippen MR) is 100 cm³/mol. The van der Waals surface area contributed by atoms with Gasteiger partial charge < -0.3 is 10.4 Å². The van der Waals surface area contributed by atoms with Crippen molar-refractivity contribution in [3.8, 4) is 0 Å². The summed E-state index contributed by atoms with van der Waals surface area (Å²) in [7, 11) is -3.30. The maximum atomic E-state index is 12.5. The highest BCUT2D eigenvalue weighted by Crippen LogP contribution is 2.21. The quantitative estimate of drug-likeness (QED) is 0.796. The lowest BCUT2D eigenvalue weighted by Crippen LogP contribution is -2.46. The number of hydrogen-bond acceptors (Lipinski definition) is 5. The Morgan fingerprint density at radius 3 is 2.23 bits per heavy atom. The highest BCUT2D eigenvalue weighted by atomic mass is 32.2. The van der Waals surface area contributed by atoms with Crippen molar-refractivity contribution < 1.29 is 18.3 Å². The molecule has 1 fully saturated rings. The van der Waals surface area contributed by atoms with Crippen LogP contribution in [0.3, 0.4) is 0 Å². The number of hydrogen-bond donors (Lipinski definition) is 2. The van der Waals surface area contributed by atoms with Gasteiger partial charge in [-0.05, 0) is 17.7 Å². The van der Waals surface area contributed by atoms with Crippen LogP contribution >= 0.6 is 0 Å². The van der Waals surface area contributed by atoms with Crippen LogP contribution in [0, 0.1) is 0 Å². The van der Waals surface area contributed by atoms with Gasteiger partial charge in [-0.1, -0.05) is 48.5 Å². The molecule has 3 rings (SSSR count). The van der Waals surface area contributed by atoms with E-state index in [-0.39, 0.29) is 24.0 Å². The summed E-state index contributed by atoms with van der Waals surface area (Å²) in [6.45, 7) is 0.390. The maximum absolute atomic E-state index is 12.5. The molecule has 0 spiro atoms. The number of rotatable bonds is 6. The third-order valence-corrected chi connectivity index (χ3v) is 6.09. The van der Waals surface area contributed by atoms with Crippen LogP contribution < -0.4 is 5.32 Å². The van der Waals surface area contributed by atoms with Gasteiger partial charge in [-0.25, -0.2) is 8.42 Å². The average molecular weight is 374 g/mol. The number of nitrogens with one attached hydrogen (secondary N) is 1. The van der Waals surface area contributed by atoms with Gasteiger partial charge >= 0.3 is 0 Å². The minimum atomic E-state index is -3.30. The van der Waals surface area contributed by atoms with Crippen molar-refractivity contribution in [2.24, 2.45) is 0 Å². The molecule has 0 aromatic heterocycles. The second kappa shape index (κ2) is 7.99. The Morgan fingerprint density at radius 2 is 1.65 bits per heavy atom. The largest absolute Gasteiger partial charge is 0.390 e. The molecule has 1 aliphatic rings. The first-order valence-corrected chi connectivity index (χ1v) is 10.3. The number of benzene rings is 2. The first-order valence-electron chi connectivity index (χ1n) is 8.44. The van der Waals surface area contributed by atoms with Gasteiger partial charge in [-0.15, -0.1) is 0 Å². The fourth-order valence-electron chi connectivity index (χ4n) is 3.17. The molecule has 0 aliphatic carbocycles.